The van der Waals surface area contributed by atoms with Gasteiger partial charge in [-0.05, 0) is 12.1 Å². The molecule has 0 fully saturated rings. The smallest absolute Gasteiger partial charge is 0.0648 e. The maximum absolute atomic E-state index is 5.62. The van der Waals surface area contributed by atoms with Crippen molar-refractivity contribution in [3.05, 3.63) is 24.0 Å². The second kappa shape index (κ2) is 7.25. The maximum atomic E-state index is 5.62. The Morgan fingerprint density at radius 1 is 1.38 bits per heavy atom. The van der Waals surface area contributed by atoms with Crippen LogP contribution in [0.5, 0.6) is 0 Å². The van der Waals surface area contributed by atoms with Gasteiger partial charge in [0.25, 0.3) is 0 Å². The first-order valence-electron chi connectivity index (χ1n) is 3.42. The Balaban J connectivity index is 0. The van der Waals surface area contributed by atoms with Crippen molar-refractivity contribution < 1.29 is 0 Å². The lowest BCUT2D eigenvalue weighted by molar-refractivity contribution is 1.09. The first kappa shape index (κ1) is 15.3. The van der Waals surface area contributed by atoms with E-state index in [4.69, 9.17) is 11.6 Å². The molecule has 2 nitrogen and oxygen atoms in total. The van der Waals surface area contributed by atoms with Gasteiger partial charge < -0.3 is 4.90 Å². The lowest BCUT2D eigenvalue weighted by Gasteiger charge is -2.11. The topological polar surface area (TPSA) is 16.1 Å². The molecule has 0 atom stereocenters. The number of nitrogens with zero attached hydrogens (tertiary/aromatic N) is 2. The first-order valence-corrected chi connectivity index (χ1v) is 3.95. The first-order chi connectivity index (χ1) is 5.24. The van der Waals surface area contributed by atoms with Crippen LogP contribution in [-0.2, 0) is 5.88 Å². The van der Waals surface area contributed by atoms with Crippen molar-refractivity contribution in [2.75, 3.05) is 19.0 Å². The molecular formula is C8H13Cl3N2. The molecule has 0 aromatic carbocycles. The molecule has 0 saturated carbocycles. The van der Waals surface area contributed by atoms with E-state index in [0.29, 0.717) is 5.88 Å². The van der Waals surface area contributed by atoms with E-state index in [1.54, 1.807) is 6.20 Å². The minimum absolute atomic E-state index is 0. The molecule has 1 aromatic heterocycles. The minimum atomic E-state index is 0. The maximum Gasteiger partial charge on any atom is 0.0648 e. The summed E-state index contributed by atoms with van der Waals surface area (Å²) in [7, 11) is 3.99. The second-order valence-corrected chi connectivity index (χ2v) is 2.80. The zero-order valence-electron chi connectivity index (χ0n) is 7.53. The van der Waals surface area contributed by atoms with E-state index in [9.17, 15) is 0 Å². The summed E-state index contributed by atoms with van der Waals surface area (Å²) in [6, 6.07) is 3.93. The summed E-state index contributed by atoms with van der Waals surface area (Å²) in [5.74, 6) is 0.474. The molecule has 0 spiro atoms. The molecule has 1 aromatic rings. The molecule has 0 N–H and O–H groups in total. The van der Waals surface area contributed by atoms with Crippen LogP contribution in [0.3, 0.4) is 0 Å². The van der Waals surface area contributed by atoms with Gasteiger partial charge in [-0.25, -0.2) is 0 Å². The average Bonchev–Trinajstić information content (AvgIpc) is 2.05. The largest absolute Gasteiger partial charge is 0.378 e. The van der Waals surface area contributed by atoms with E-state index in [-0.39, 0.29) is 24.8 Å². The minimum Gasteiger partial charge on any atom is -0.378 e. The summed E-state index contributed by atoms with van der Waals surface area (Å²) in [6.45, 7) is 0. The van der Waals surface area contributed by atoms with Gasteiger partial charge >= 0.3 is 0 Å². The molecule has 0 bridgehead atoms. The average molecular weight is 244 g/mol. The Hall–Kier alpha value is -0.180. The molecule has 0 aliphatic rings. The van der Waals surface area contributed by atoms with Gasteiger partial charge in [-0.2, -0.15) is 0 Å². The zero-order valence-corrected chi connectivity index (χ0v) is 9.92. The predicted molar refractivity (Wildman–Crippen MR) is 62.6 cm³/mol. The van der Waals surface area contributed by atoms with Gasteiger partial charge in [-0.15, -0.1) is 36.4 Å². The van der Waals surface area contributed by atoms with E-state index in [1.165, 1.54) is 0 Å². The second-order valence-electron chi connectivity index (χ2n) is 2.53. The highest BCUT2D eigenvalue weighted by Gasteiger charge is 1.96. The van der Waals surface area contributed by atoms with E-state index in [0.717, 1.165) is 11.4 Å². The fourth-order valence-electron chi connectivity index (χ4n) is 0.817. The summed E-state index contributed by atoms with van der Waals surface area (Å²) in [6.07, 6.45) is 1.77. The fraction of sp³-hybridized carbons (Fsp3) is 0.375. The van der Waals surface area contributed by atoms with Crippen molar-refractivity contribution in [2.45, 2.75) is 5.88 Å². The highest BCUT2D eigenvalue weighted by atomic mass is 35.5. The summed E-state index contributed by atoms with van der Waals surface area (Å²) >= 11 is 5.62. The van der Waals surface area contributed by atoms with Crippen LogP contribution in [0.4, 0.5) is 5.69 Å². The molecule has 0 aliphatic heterocycles. The van der Waals surface area contributed by atoms with Crippen LogP contribution in [0.2, 0.25) is 0 Å². The highest BCUT2D eigenvalue weighted by molar-refractivity contribution is 6.16. The molecule has 0 amide bonds. The van der Waals surface area contributed by atoms with Crippen molar-refractivity contribution in [3.8, 4) is 0 Å². The Labute approximate surface area is 96.1 Å². The van der Waals surface area contributed by atoms with Gasteiger partial charge in [0.1, 0.15) is 0 Å². The summed E-state index contributed by atoms with van der Waals surface area (Å²) < 4.78 is 0. The van der Waals surface area contributed by atoms with Gasteiger partial charge in [-0.3, -0.25) is 4.98 Å². The fourth-order valence-corrected chi connectivity index (χ4v) is 0.963. The molecule has 0 radical (unpaired) electrons. The lowest BCUT2D eigenvalue weighted by Crippen LogP contribution is -2.08. The van der Waals surface area contributed by atoms with Crippen molar-refractivity contribution in [1.29, 1.82) is 0 Å². The number of aromatic nitrogens is 1. The van der Waals surface area contributed by atoms with E-state index in [2.05, 4.69) is 4.98 Å². The normalized spacial score (nSPS) is 8.23. The van der Waals surface area contributed by atoms with Gasteiger partial charge in [0.2, 0.25) is 0 Å². The predicted octanol–water partition coefficient (Wildman–Crippen LogP) is 2.73. The zero-order chi connectivity index (χ0) is 8.27. The van der Waals surface area contributed by atoms with Crippen molar-refractivity contribution in [3.63, 3.8) is 0 Å². The Kier molecular flexibility index (Phi) is 8.53. The summed E-state index contributed by atoms with van der Waals surface area (Å²) in [4.78, 5) is 6.11. The van der Waals surface area contributed by atoms with Crippen LogP contribution >= 0.6 is 36.4 Å². The van der Waals surface area contributed by atoms with Crippen LogP contribution in [0.1, 0.15) is 5.69 Å². The third-order valence-corrected chi connectivity index (χ3v) is 1.73. The molecule has 1 heterocycles. The van der Waals surface area contributed by atoms with Crippen LogP contribution in [0, 0.1) is 0 Å². The van der Waals surface area contributed by atoms with Gasteiger partial charge in [0.05, 0.1) is 11.6 Å². The number of hydrogen-bond donors (Lipinski definition) is 0. The SMILES string of the molecule is CN(C)c1ccnc(CCl)c1.Cl.Cl. The summed E-state index contributed by atoms with van der Waals surface area (Å²) in [5.41, 5.74) is 2.05. The summed E-state index contributed by atoms with van der Waals surface area (Å²) in [5, 5.41) is 0. The third kappa shape index (κ3) is 4.55. The number of anilines is 1. The van der Waals surface area contributed by atoms with E-state index < -0.39 is 0 Å². The van der Waals surface area contributed by atoms with Crippen LogP contribution in [0.15, 0.2) is 18.3 Å². The van der Waals surface area contributed by atoms with Crippen molar-refractivity contribution in [1.82, 2.24) is 4.98 Å². The Morgan fingerprint density at radius 3 is 2.46 bits per heavy atom. The quantitative estimate of drug-likeness (QED) is 0.743. The lowest BCUT2D eigenvalue weighted by atomic mass is 10.3. The monoisotopic (exact) mass is 242 g/mol. The van der Waals surface area contributed by atoms with Crippen molar-refractivity contribution >= 4 is 42.1 Å². The molecule has 76 valence electrons. The third-order valence-electron chi connectivity index (χ3n) is 1.45. The van der Waals surface area contributed by atoms with E-state index >= 15 is 0 Å². The number of rotatable bonds is 2. The highest BCUT2D eigenvalue weighted by Crippen LogP contribution is 2.11. The van der Waals surface area contributed by atoms with E-state index in [1.807, 2.05) is 31.1 Å². The number of halogens is 3. The molecular weight excluding hydrogens is 230 g/mol. The van der Waals surface area contributed by atoms with Gasteiger partial charge in [-0.1, -0.05) is 0 Å². The van der Waals surface area contributed by atoms with Crippen LogP contribution in [-0.4, -0.2) is 19.1 Å². The number of hydrogen-bond acceptors (Lipinski definition) is 2. The number of pyridine rings is 1. The molecule has 5 heteroatoms. The standard InChI is InChI=1S/C8H11ClN2.2ClH/c1-11(2)8-3-4-10-7(5-8)6-9;;/h3-5H,6H2,1-2H3;2*1H. The molecule has 0 unspecified atom stereocenters. The Bertz CT molecular complexity index is 241. The molecule has 1 rings (SSSR count). The van der Waals surface area contributed by atoms with Gasteiger partial charge in [0.15, 0.2) is 0 Å². The van der Waals surface area contributed by atoms with Crippen LogP contribution in [0.25, 0.3) is 0 Å². The molecule has 0 aliphatic carbocycles. The van der Waals surface area contributed by atoms with Gasteiger partial charge in [0, 0.05) is 26.0 Å². The Morgan fingerprint density at radius 2 is 2.00 bits per heavy atom. The number of alkyl halides is 1. The van der Waals surface area contributed by atoms with Crippen LogP contribution < -0.4 is 4.90 Å². The van der Waals surface area contributed by atoms with Crippen molar-refractivity contribution in [2.24, 2.45) is 0 Å². The molecule has 0 saturated heterocycles. The molecule has 13 heavy (non-hydrogen) atoms.